The van der Waals surface area contributed by atoms with Crippen LogP contribution in [0.15, 0.2) is 29.3 Å². The van der Waals surface area contributed by atoms with Crippen molar-refractivity contribution in [3.05, 3.63) is 34.9 Å². The van der Waals surface area contributed by atoms with Crippen LogP contribution in [-0.2, 0) is 0 Å². The molecule has 0 fully saturated rings. The molecule has 1 heterocycles. The van der Waals surface area contributed by atoms with E-state index in [2.05, 4.69) is 20.5 Å². The number of rotatable bonds is 4. The summed E-state index contributed by atoms with van der Waals surface area (Å²) in [6.07, 6.45) is 0. The van der Waals surface area contributed by atoms with Crippen LogP contribution in [0.3, 0.4) is 0 Å². The summed E-state index contributed by atoms with van der Waals surface area (Å²) in [6.45, 7) is 2.93. The molecule has 2 N–H and O–H groups in total. The van der Waals surface area contributed by atoms with Gasteiger partial charge in [-0.05, 0) is 12.1 Å². The van der Waals surface area contributed by atoms with Crippen molar-refractivity contribution in [1.29, 1.82) is 0 Å². The number of carbonyl (C=O) groups is 1. The Kier molecular flexibility index (Phi) is 4.63. The number of nitrogens with zero attached hydrogens (tertiary/aromatic N) is 2. The minimum absolute atomic E-state index is 0.158. The second-order valence-corrected chi connectivity index (χ2v) is 4.70. The first-order chi connectivity index (χ1) is 9.18. The van der Waals surface area contributed by atoms with Gasteiger partial charge in [0.25, 0.3) is 5.91 Å². The van der Waals surface area contributed by atoms with Crippen molar-refractivity contribution < 1.29 is 4.79 Å². The molecule has 2 rings (SSSR count). The van der Waals surface area contributed by atoms with Gasteiger partial charge in [-0.1, -0.05) is 23.7 Å². The van der Waals surface area contributed by atoms with Crippen LogP contribution in [-0.4, -0.2) is 50.0 Å². The maximum Gasteiger partial charge on any atom is 0.252 e. The largest absolute Gasteiger partial charge is 0.354 e. The van der Waals surface area contributed by atoms with Gasteiger partial charge in [-0.15, -0.1) is 0 Å². The van der Waals surface area contributed by atoms with Gasteiger partial charge >= 0.3 is 0 Å². The third kappa shape index (κ3) is 3.61. The van der Waals surface area contributed by atoms with E-state index in [1.165, 1.54) is 0 Å². The standard InChI is InChI=1S/C13H17ClN4O/c1-18-9-8-17-13(18)16-7-6-15-12(19)10-4-2-3-5-11(10)14/h2-5H,6-9H2,1H3,(H,15,19)(H,16,17). The molecule has 0 unspecified atom stereocenters. The van der Waals surface area contributed by atoms with Crippen LogP contribution in [0.5, 0.6) is 0 Å². The zero-order chi connectivity index (χ0) is 13.7. The van der Waals surface area contributed by atoms with E-state index in [-0.39, 0.29) is 5.91 Å². The zero-order valence-electron chi connectivity index (χ0n) is 10.8. The molecule has 19 heavy (non-hydrogen) atoms. The van der Waals surface area contributed by atoms with Gasteiger partial charge in [0.15, 0.2) is 5.96 Å². The van der Waals surface area contributed by atoms with Crippen LogP contribution in [0.4, 0.5) is 0 Å². The molecule has 102 valence electrons. The van der Waals surface area contributed by atoms with E-state index in [0.29, 0.717) is 23.7 Å². The maximum atomic E-state index is 11.9. The quantitative estimate of drug-likeness (QED) is 0.808. The fourth-order valence-corrected chi connectivity index (χ4v) is 2.04. The van der Waals surface area contributed by atoms with E-state index in [9.17, 15) is 4.79 Å². The molecule has 0 radical (unpaired) electrons. The summed E-state index contributed by atoms with van der Waals surface area (Å²) >= 11 is 5.95. The average molecular weight is 281 g/mol. The van der Waals surface area contributed by atoms with Gasteiger partial charge in [0.1, 0.15) is 0 Å². The van der Waals surface area contributed by atoms with E-state index < -0.39 is 0 Å². The van der Waals surface area contributed by atoms with E-state index in [1.807, 2.05) is 7.05 Å². The highest BCUT2D eigenvalue weighted by atomic mass is 35.5. The van der Waals surface area contributed by atoms with Crippen LogP contribution in [0.1, 0.15) is 10.4 Å². The highest BCUT2D eigenvalue weighted by Gasteiger charge is 2.12. The van der Waals surface area contributed by atoms with Crippen LogP contribution in [0.25, 0.3) is 0 Å². The molecule has 0 saturated heterocycles. The molecule has 0 aromatic heterocycles. The lowest BCUT2D eigenvalue weighted by atomic mass is 10.2. The lowest BCUT2D eigenvalue weighted by Crippen LogP contribution is -2.40. The van der Waals surface area contributed by atoms with Crippen molar-refractivity contribution in [3.63, 3.8) is 0 Å². The first-order valence-electron chi connectivity index (χ1n) is 6.20. The molecule has 6 heteroatoms. The summed E-state index contributed by atoms with van der Waals surface area (Å²) in [7, 11) is 1.99. The lowest BCUT2D eigenvalue weighted by Gasteiger charge is -2.15. The second-order valence-electron chi connectivity index (χ2n) is 4.29. The number of likely N-dealkylation sites (N-methyl/N-ethyl adjacent to an activating group) is 1. The van der Waals surface area contributed by atoms with Crippen molar-refractivity contribution in [2.45, 2.75) is 0 Å². The van der Waals surface area contributed by atoms with E-state index in [0.717, 1.165) is 19.0 Å². The normalized spacial score (nSPS) is 14.2. The fourth-order valence-electron chi connectivity index (χ4n) is 1.81. The Labute approximate surface area is 117 Å². The average Bonchev–Trinajstić information content (AvgIpc) is 2.80. The predicted octanol–water partition coefficient (Wildman–Crippen LogP) is 0.961. The smallest absolute Gasteiger partial charge is 0.252 e. The zero-order valence-corrected chi connectivity index (χ0v) is 11.6. The number of benzene rings is 1. The molecule has 1 aliphatic rings. The highest BCUT2D eigenvalue weighted by Crippen LogP contribution is 2.14. The van der Waals surface area contributed by atoms with Crippen molar-refractivity contribution >= 4 is 23.5 Å². The molecule has 0 aliphatic carbocycles. The van der Waals surface area contributed by atoms with Crippen molar-refractivity contribution in [1.82, 2.24) is 15.5 Å². The van der Waals surface area contributed by atoms with Gasteiger partial charge in [-0.2, -0.15) is 0 Å². The van der Waals surface area contributed by atoms with Gasteiger partial charge in [0, 0.05) is 26.7 Å². The summed E-state index contributed by atoms with van der Waals surface area (Å²) in [5.41, 5.74) is 0.500. The molecule has 0 bridgehead atoms. The summed E-state index contributed by atoms with van der Waals surface area (Å²) in [5.74, 6) is 0.723. The Balaban J connectivity index is 1.74. The molecule has 0 saturated carbocycles. The predicted molar refractivity (Wildman–Crippen MR) is 76.7 cm³/mol. The number of carbonyl (C=O) groups excluding carboxylic acids is 1. The SMILES string of the molecule is CN1CCN=C1NCCNC(=O)c1ccccc1Cl. The van der Waals surface area contributed by atoms with Crippen LogP contribution in [0.2, 0.25) is 5.02 Å². The first-order valence-corrected chi connectivity index (χ1v) is 6.58. The Morgan fingerprint density at radius 1 is 1.42 bits per heavy atom. The van der Waals surface area contributed by atoms with Gasteiger partial charge in [-0.25, -0.2) is 0 Å². The van der Waals surface area contributed by atoms with Gasteiger partial charge in [-0.3, -0.25) is 9.79 Å². The fraction of sp³-hybridized carbons (Fsp3) is 0.385. The topological polar surface area (TPSA) is 56.7 Å². The van der Waals surface area contributed by atoms with Crippen molar-refractivity contribution in [2.24, 2.45) is 4.99 Å². The Bertz CT molecular complexity index is 489. The highest BCUT2D eigenvalue weighted by molar-refractivity contribution is 6.33. The van der Waals surface area contributed by atoms with Crippen LogP contribution < -0.4 is 10.6 Å². The molecular weight excluding hydrogens is 264 g/mol. The number of amides is 1. The molecule has 1 amide bonds. The van der Waals surface area contributed by atoms with E-state index in [1.54, 1.807) is 24.3 Å². The third-order valence-corrected chi connectivity index (χ3v) is 3.20. The van der Waals surface area contributed by atoms with Crippen LogP contribution in [0, 0.1) is 0 Å². The number of nitrogens with one attached hydrogen (secondary N) is 2. The minimum atomic E-state index is -0.158. The number of hydrogen-bond acceptors (Lipinski definition) is 4. The Morgan fingerprint density at radius 2 is 2.21 bits per heavy atom. The summed E-state index contributed by atoms with van der Waals surface area (Å²) < 4.78 is 0. The number of guanidine groups is 1. The molecule has 1 aliphatic heterocycles. The summed E-state index contributed by atoms with van der Waals surface area (Å²) in [6, 6.07) is 7.01. The lowest BCUT2D eigenvalue weighted by molar-refractivity contribution is 0.0954. The minimum Gasteiger partial charge on any atom is -0.354 e. The maximum absolute atomic E-state index is 11.9. The van der Waals surface area contributed by atoms with Gasteiger partial charge in [0.2, 0.25) is 0 Å². The number of halogens is 1. The third-order valence-electron chi connectivity index (χ3n) is 2.87. The molecule has 5 nitrogen and oxygen atoms in total. The van der Waals surface area contributed by atoms with Crippen LogP contribution >= 0.6 is 11.6 Å². The molecule has 1 aromatic rings. The van der Waals surface area contributed by atoms with Gasteiger partial charge < -0.3 is 15.5 Å². The molecule has 0 spiro atoms. The molecule has 1 aromatic carbocycles. The first kappa shape index (κ1) is 13.7. The van der Waals surface area contributed by atoms with Gasteiger partial charge in [0.05, 0.1) is 17.1 Å². The van der Waals surface area contributed by atoms with E-state index in [4.69, 9.17) is 11.6 Å². The van der Waals surface area contributed by atoms with E-state index >= 15 is 0 Å². The molecule has 0 atom stereocenters. The number of hydrogen-bond donors (Lipinski definition) is 2. The Hall–Kier alpha value is -1.75. The van der Waals surface area contributed by atoms with Crippen molar-refractivity contribution in [2.75, 3.05) is 33.2 Å². The second kappa shape index (κ2) is 6.43. The summed E-state index contributed by atoms with van der Waals surface area (Å²) in [4.78, 5) is 18.2. The Morgan fingerprint density at radius 3 is 2.89 bits per heavy atom. The molecular formula is C13H17ClN4O. The number of aliphatic imine (C=N–C) groups is 1. The van der Waals surface area contributed by atoms with Crippen molar-refractivity contribution in [3.8, 4) is 0 Å². The summed E-state index contributed by atoms with van der Waals surface area (Å²) in [5, 5.41) is 6.47. The monoisotopic (exact) mass is 280 g/mol.